The van der Waals surface area contributed by atoms with Gasteiger partial charge in [0.25, 0.3) is 5.56 Å². The van der Waals surface area contributed by atoms with E-state index >= 15 is 0 Å². The maximum Gasteiger partial charge on any atom is 0.291 e. The highest BCUT2D eigenvalue weighted by Crippen LogP contribution is 2.30. The van der Waals surface area contributed by atoms with Gasteiger partial charge in [0.2, 0.25) is 0 Å². The molecule has 0 bridgehead atoms. The number of halogens is 1. The molecule has 106 valence electrons. The maximum absolute atomic E-state index is 12.3. The van der Waals surface area contributed by atoms with Gasteiger partial charge in [-0.1, -0.05) is 11.6 Å². The number of aryl methyl sites for hydroxylation is 1. The first kappa shape index (κ1) is 13.6. The van der Waals surface area contributed by atoms with E-state index in [0.717, 1.165) is 10.6 Å². The molecule has 0 atom stereocenters. The second-order valence-electron chi connectivity index (χ2n) is 5.01. The van der Waals surface area contributed by atoms with E-state index in [4.69, 9.17) is 11.6 Å². The van der Waals surface area contributed by atoms with Gasteiger partial charge in [-0.3, -0.25) is 4.79 Å². The van der Waals surface area contributed by atoms with Crippen molar-refractivity contribution in [3.63, 3.8) is 0 Å². The van der Waals surface area contributed by atoms with E-state index in [1.807, 2.05) is 6.92 Å². The van der Waals surface area contributed by atoms with Crippen LogP contribution in [0.15, 0.2) is 16.5 Å². The Morgan fingerprint density at radius 3 is 3.00 bits per heavy atom. The average Bonchev–Trinajstić information content (AvgIpc) is 3.15. The molecule has 1 aliphatic carbocycles. The van der Waals surface area contributed by atoms with E-state index in [1.54, 1.807) is 16.8 Å². The van der Waals surface area contributed by atoms with Crippen molar-refractivity contribution >= 4 is 28.6 Å². The van der Waals surface area contributed by atoms with Crippen LogP contribution in [0.4, 0.5) is 5.69 Å². The molecule has 0 aliphatic heterocycles. The van der Waals surface area contributed by atoms with Crippen molar-refractivity contribution in [3.8, 4) is 0 Å². The molecule has 5 nitrogen and oxygen atoms in total. The van der Waals surface area contributed by atoms with E-state index in [2.05, 4.69) is 15.4 Å². The van der Waals surface area contributed by atoms with Gasteiger partial charge in [-0.2, -0.15) is 5.10 Å². The molecule has 0 aromatic carbocycles. The summed E-state index contributed by atoms with van der Waals surface area (Å²) in [4.78, 5) is 17.6. The molecule has 20 heavy (non-hydrogen) atoms. The zero-order valence-corrected chi connectivity index (χ0v) is 12.7. The minimum absolute atomic E-state index is 0.147. The van der Waals surface area contributed by atoms with Crippen LogP contribution in [0.2, 0.25) is 5.02 Å². The van der Waals surface area contributed by atoms with Gasteiger partial charge in [-0.25, -0.2) is 9.67 Å². The van der Waals surface area contributed by atoms with Gasteiger partial charge in [-0.15, -0.1) is 11.3 Å². The van der Waals surface area contributed by atoms with E-state index in [-0.39, 0.29) is 5.56 Å². The summed E-state index contributed by atoms with van der Waals surface area (Å²) in [5, 5.41) is 7.59. The number of thiazole rings is 1. The number of hydrogen-bond acceptors (Lipinski definition) is 5. The Balaban J connectivity index is 1.80. The topological polar surface area (TPSA) is 59.8 Å². The van der Waals surface area contributed by atoms with Gasteiger partial charge in [0, 0.05) is 11.4 Å². The molecular formula is C13H15ClN4OS. The lowest BCUT2D eigenvalue weighted by Crippen LogP contribution is -2.26. The van der Waals surface area contributed by atoms with Crippen molar-refractivity contribution < 1.29 is 0 Å². The first-order valence-electron chi connectivity index (χ1n) is 6.53. The molecule has 0 unspecified atom stereocenters. The molecule has 2 heterocycles. The Morgan fingerprint density at radius 2 is 2.35 bits per heavy atom. The molecule has 1 fully saturated rings. The number of anilines is 1. The number of nitrogens with one attached hydrogen (secondary N) is 1. The summed E-state index contributed by atoms with van der Waals surface area (Å²) < 4.78 is 1.51. The van der Waals surface area contributed by atoms with E-state index in [1.165, 1.54) is 23.7 Å². The number of hydrogen-bond donors (Lipinski definition) is 1. The van der Waals surface area contributed by atoms with E-state index in [0.29, 0.717) is 29.7 Å². The van der Waals surface area contributed by atoms with Crippen molar-refractivity contribution in [3.05, 3.63) is 37.7 Å². The molecule has 2 aromatic heterocycles. The molecule has 7 heteroatoms. The number of nitrogens with zero attached hydrogens (tertiary/aromatic N) is 3. The quantitative estimate of drug-likeness (QED) is 0.922. The highest BCUT2D eigenvalue weighted by Gasteiger charge is 2.23. The van der Waals surface area contributed by atoms with Gasteiger partial charge in [0.1, 0.15) is 5.69 Å². The summed E-state index contributed by atoms with van der Waals surface area (Å²) in [5.41, 5.74) is 3.05. The van der Waals surface area contributed by atoms with Crippen LogP contribution >= 0.6 is 22.9 Å². The van der Waals surface area contributed by atoms with Crippen LogP contribution in [0.5, 0.6) is 0 Å². The normalized spacial score (nSPS) is 14.5. The van der Waals surface area contributed by atoms with Gasteiger partial charge in [-0.05, 0) is 25.7 Å². The fourth-order valence-corrected chi connectivity index (χ4v) is 2.88. The summed E-state index contributed by atoms with van der Waals surface area (Å²) in [5.74, 6) is 0.595. The Labute approximate surface area is 125 Å². The SMILES string of the molecule is Cc1ncsc1CNc1c(Cl)cnn(CC2CC2)c1=O. The van der Waals surface area contributed by atoms with Gasteiger partial charge in [0.05, 0.1) is 29.0 Å². The van der Waals surface area contributed by atoms with Crippen LogP contribution in [-0.2, 0) is 13.1 Å². The molecule has 0 spiro atoms. The number of rotatable bonds is 5. The molecule has 0 amide bonds. The Kier molecular flexibility index (Phi) is 3.76. The van der Waals surface area contributed by atoms with Crippen LogP contribution in [0.25, 0.3) is 0 Å². The third-order valence-corrected chi connectivity index (χ3v) is 4.62. The zero-order valence-electron chi connectivity index (χ0n) is 11.1. The van der Waals surface area contributed by atoms with Crippen molar-refractivity contribution in [1.82, 2.24) is 14.8 Å². The minimum Gasteiger partial charge on any atom is -0.374 e. The fraction of sp³-hybridized carbons (Fsp3) is 0.462. The molecular weight excluding hydrogens is 296 g/mol. The predicted molar refractivity (Wildman–Crippen MR) is 80.4 cm³/mol. The summed E-state index contributed by atoms with van der Waals surface area (Å²) in [6, 6.07) is 0. The highest BCUT2D eigenvalue weighted by molar-refractivity contribution is 7.09. The smallest absolute Gasteiger partial charge is 0.291 e. The lowest BCUT2D eigenvalue weighted by molar-refractivity contribution is 0.534. The molecule has 3 rings (SSSR count). The third-order valence-electron chi connectivity index (χ3n) is 3.40. The van der Waals surface area contributed by atoms with Crippen LogP contribution in [0.1, 0.15) is 23.4 Å². The number of aromatic nitrogens is 3. The fourth-order valence-electron chi connectivity index (χ4n) is 1.97. The Bertz CT molecular complexity index is 677. The third kappa shape index (κ3) is 2.86. The van der Waals surface area contributed by atoms with E-state index < -0.39 is 0 Å². The second-order valence-corrected chi connectivity index (χ2v) is 6.36. The molecule has 0 radical (unpaired) electrons. The van der Waals surface area contributed by atoms with Crippen LogP contribution < -0.4 is 10.9 Å². The summed E-state index contributed by atoms with van der Waals surface area (Å²) in [6.45, 7) is 3.19. The summed E-state index contributed by atoms with van der Waals surface area (Å²) in [7, 11) is 0. The molecule has 1 saturated carbocycles. The molecule has 0 saturated heterocycles. The standard InChI is InChI=1S/C13H15ClN4OS/c1-8-11(20-7-16-8)5-15-12-10(14)4-17-18(13(12)19)6-9-2-3-9/h4,7,9,15H,2-3,5-6H2,1H3. The van der Waals surface area contributed by atoms with Gasteiger partial charge in [0.15, 0.2) is 0 Å². The van der Waals surface area contributed by atoms with Gasteiger partial charge >= 0.3 is 0 Å². The van der Waals surface area contributed by atoms with Crippen molar-refractivity contribution in [1.29, 1.82) is 0 Å². The van der Waals surface area contributed by atoms with Crippen molar-refractivity contribution in [2.24, 2.45) is 5.92 Å². The largest absolute Gasteiger partial charge is 0.374 e. The molecule has 1 N–H and O–H groups in total. The molecule has 2 aromatic rings. The Hall–Kier alpha value is -1.40. The monoisotopic (exact) mass is 310 g/mol. The average molecular weight is 311 g/mol. The highest BCUT2D eigenvalue weighted by atomic mass is 35.5. The zero-order chi connectivity index (χ0) is 14.1. The second kappa shape index (κ2) is 5.54. The predicted octanol–water partition coefficient (Wildman–Crippen LogP) is 2.68. The van der Waals surface area contributed by atoms with Crippen molar-refractivity contribution in [2.75, 3.05) is 5.32 Å². The maximum atomic E-state index is 12.3. The first-order valence-corrected chi connectivity index (χ1v) is 7.79. The van der Waals surface area contributed by atoms with Crippen LogP contribution in [-0.4, -0.2) is 14.8 Å². The molecule has 1 aliphatic rings. The first-order chi connectivity index (χ1) is 9.65. The van der Waals surface area contributed by atoms with E-state index in [9.17, 15) is 4.79 Å². The lowest BCUT2D eigenvalue weighted by Gasteiger charge is -2.10. The van der Waals surface area contributed by atoms with Crippen LogP contribution in [0.3, 0.4) is 0 Å². The summed E-state index contributed by atoms with van der Waals surface area (Å²) in [6.07, 6.45) is 3.90. The minimum atomic E-state index is -0.147. The summed E-state index contributed by atoms with van der Waals surface area (Å²) >= 11 is 7.65. The Morgan fingerprint density at radius 1 is 1.55 bits per heavy atom. The van der Waals surface area contributed by atoms with Crippen molar-refractivity contribution in [2.45, 2.75) is 32.9 Å². The van der Waals surface area contributed by atoms with Gasteiger partial charge < -0.3 is 5.32 Å². The van der Waals surface area contributed by atoms with Crippen LogP contribution in [0, 0.1) is 12.8 Å². The lowest BCUT2D eigenvalue weighted by atomic mass is 10.3.